The van der Waals surface area contributed by atoms with Crippen LogP contribution in [-0.4, -0.2) is 45.3 Å². The minimum absolute atomic E-state index is 0.133. The van der Waals surface area contributed by atoms with Gasteiger partial charge in [-0.15, -0.1) is 0 Å². The van der Waals surface area contributed by atoms with Crippen molar-refractivity contribution >= 4 is 25.6 Å². The summed E-state index contributed by atoms with van der Waals surface area (Å²) in [6, 6.07) is 0. The van der Waals surface area contributed by atoms with E-state index in [-0.39, 0.29) is 6.42 Å². The molecule has 0 rings (SSSR count). The van der Waals surface area contributed by atoms with E-state index >= 15 is 0 Å². The zero-order chi connectivity index (χ0) is 16.4. The molecule has 20 heavy (non-hydrogen) atoms. The number of sulfone groups is 2. The molecule has 0 aliphatic rings. The lowest BCUT2D eigenvalue weighted by atomic mass is 10.3. The van der Waals surface area contributed by atoms with E-state index in [1.165, 1.54) is 6.92 Å². The molecule has 0 saturated carbocycles. The summed E-state index contributed by atoms with van der Waals surface area (Å²) in [7, 11) is -10.1. The van der Waals surface area contributed by atoms with Crippen LogP contribution in [0, 0.1) is 0 Å². The number of hydrogen-bond acceptors (Lipinski definition) is 6. The lowest BCUT2D eigenvalue weighted by Gasteiger charge is -2.29. The smallest absolute Gasteiger partial charge is 0.468 e. The number of halogens is 3. The van der Waals surface area contributed by atoms with Crippen LogP contribution in [0.4, 0.5) is 13.2 Å². The minimum Gasteiger partial charge on any atom is -0.468 e. The molecule has 0 fully saturated rings. The van der Waals surface area contributed by atoms with Gasteiger partial charge in [-0.2, -0.15) is 13.2 Å². The van der Waals surface area contributed by atoms with Gasteiger partial charge >= 0.3 is 11.5 Å². The molecule has 0 heterocycles. The summed E-state index contributed by atoms with van der Waals surface area (Å²) < 4.78 is 85.7. The van der Waals surface area contributed by atoms with Gasteiger partial charge in [-0.25, -0.2) is 16.8 Å². The van der Waals surface area contributed by atoms with Gasteiger partial charge in [0.2, 0.25) is 0 Å². The summed E-state index contributed by atoms with van der Waals surface area (Å²) in [5.41, 5.74) is -5.74. The first kappa shape index (κ1) is 19.2. The Labute approximate surface area is 115 Å². The maximum atomic E-state index is 12.6. The van der Waals surface area contributed by atoms with Crippen LogP contribution < -0.4 is 0 Å². The van der Waals surface area contributed by atoms with Gasteiger partial charge in [-0.3, -0.25) is 4.79 Å². The van der Waals surface area contributed by atoms with Gasteiger partial charge in [0, 0.05) is 0 Å². The van der Waals surface area contributed by atoms with Crippen LogP contribution >= 0.6 is 0 Å². The molecule has 0 amide bonds. The van der Waals surface area contributed by atoms with Gasteiger partial charge in [0.25, 0.3) is 9.84 Å². The molecule has 120 valence electrons. The predicted octanol–water partition coefficient (Wildman–Crippen LogP) is 1.03. The molecule has 0 N–H and O–H groups in total. The molecule has 6 nitrogen and oxygen atoms in total. The van der Waals surface area contributed by atoms with E-state index in [1.807, 2.05) is 0 Å². The highest BCUT2D eigenvalue weighted by Gasteiger charge is 2.63. The predicted molar refractivity (Wildman–Crippen MR) is 64.1 cm³/mol. The van der Waals surface area contributed by atoms with Crippen molar-refractivity contribution in [1.29, 1.82) is 0 Å². The molecule has 0 aromatic rings. The van der Waals surface area contributed by atoms with Crippen molar-refractivity contribution in [2.24, 2.45) is 0 Å². The fourth-order valence-corrected chi connectivity index (χ4v) is 5.53. The first-order valence-corrected chi connectivity index (χ1v) is 8.50. The van der Waals surface area contributed by atoms with E-state index in [4.69, 9.17) is 0 Å². The first-order valence-electron chi connectivity index (χ1n) is 5.37. The quantitative estimate of drug-likeness (QED) is 0.670. The number of hydrogen-bond donors (Lipinski definition) is 0. The second-order valence-corrected chi connectivity index (χ2v) is 9.22. The Kier molecular flexibility index (Phi) is 5.63. The SMILES string of the molecule is CCCC(C)(S(=O)(=O)CC(=O)OC)S(=O)(=O)C(F)(F)F. The third kappa shape index (κ3) is 3.25. The van der Waals surface area contributed by atoms with Crippen molar-refractivity contribution in [2.75, 3.05) is 12.9 Å². The molecule has 0 aromatic heterocycles. The molecule has 1 unspecified atom stereocenters. The highest BCUT2D eigenvalue weighted by molar-refractivity contribution is 8.10. The fraction of sp³-hybridized carbons (Fsp3) is 0.889. The standard InChI is InChI=1S/C9H15F3O6S2/c1-4-5-8(2,20(16,17)9(10,11)12)19(14,15)6-7(13)18-3/h4-6H2,1-3H3. The van der Waals surface area contributed by atoms with Crippen molar-refractivity contribution in [2.45, 2.75) is 36.3 Å². The Balaban J connectivity index is 6.07. The number of carbonyl (C=O) groups excluding carboxylic acids is 1. The molecular formula is C9H15F3O6S2. The Morgan fingerprint density at radius 2 is 1.60 bits per heavy atom. The van der Waals surface area contributed by atoms with Crippen LogP contribution in [0.1, 0.15) is 26.7 Å². The lowest BCUT2D eigenvalue weighted by Crippen LogP contribution is -2.51. The monoisotopic (exact) mass is 340 g/mol. The molecule has 11 heteroatoms. The van der Waals surface area contributed by atoms with Crippen molar-refractivity contribution < 1.29 is 39.5 Å². The third-order valence-electron chi connectivity index (χ3n) is 2.77. The number of alkyl halides is 3. The summed E-state index contributed by atoms with van der Waals surface area (Å²) in [6.45, 7) is 1.79. The minimum atomic E-state index is -6.01. The van der Waals surface area contributed by atoms with Crippen LogP contribution in [0.2, 0.25) is 0 Å². The summed E-state index contributed by atoms with van der Waals surface area (Å²) in [5.74, 6) is -2.76. The molecule has 0 bridgehead atoms. The third-order valence-corrected chi connectivity index (χ3v) is 8.28. The Hall–Kier alpha value is -0.840. The van der Waals surface area contributed by atoms with Gasteiger partial charge in [-0.05, 0) is 13.3 Å². The molecule has 0 aliphatic carbocycles. The van der Waals surface area contributed by atoms with Gasteiger partial charge in [-0.1, -0.05) is 13.3 Å². The average Bonchev–Trinajstić information content (AvgIpc) is 2.26. The van der Waals surface area contributed by atoms with Crippen molar-refractivity contribution in [3.8, 4) is 0 Å². The number of carbonyl (C=O) groups is 1. The second kappa shape index (κ2) is 5.88. The van der Waals surface area contributed by atoms with Crippen molar-refractivity contribution in [3.63, 3.8) is 0 Å². The molecule has 0 saturated heterocycles. The number of rotatable bonds is 6. The maximum absolute atomic E-state index is 12.6. The Morgan fingerprint density at radius 1 is 1.15 bits per heavy atom. The van der Waals surface area contributed by atoms with Gasteiger partial charge < -0.3 is 4.74 Å². The molecule has 0 aromatic carbocycles. The number of esters is 1. The Morgan fingerprint density at radius 3 is 1.90 bits per heavy atom. The molecule has 0 spiro atoms. The van der Waals surface area contributed by atoms with Crippen LogP contribution in [0.3, 0.4) is 0 Å². The zero-order valence-corrected chi connectivity index (χ0v) is 12.7. The van der Waals surface area contributed by atoms with Crippen molar-refractivity contribution in [1.82, 2.24) is 0 Å². The van der Waals surface area contributed by atoms with E-state index in [0.29, 0.717) is 6.92 Å². The lowest BCUT2D eigenvalue weighted by molar-refractivity contribution is -0.137. The normalized spacial score (nSPS) is 16.5. The van der Waals surface area contributed by atoms with Gasteiger partial charge in [0.1, 0.15) is 5.75 Å². The van der Waals surface area contributed by atoms with E-state index in [0.717, 1.165) is 7.11 Å². The summed E-state index contributed by atoms with van der Waals surface area (Å²) in [6.07, 6.45) is -0.916. The largest absolute Gasteiger partial charge is 0.498 e. The van der Waals surface area contributed by atoms with Gasteiger partial charge in [0.15, 0.2) is 13.9 Å². The van der Waals surface area contributed by atoms with Gasteiger partial charge in [0.05, 0.1) is 7.11 Å². The second-order valence-electron chi connectivity index (χ2n) is 4.17. The highest BCUT2D eigenvalue weighted by Crippen LogP contribution is 2.40. The topological polar surface area (TPSA) is 94.6 Å². The van der Waals surface area contributed by atoms with E-state index in [9.17, 15) is 34.8 Å². The van der Waals surface area contributed by atoms with E-state index in [2.05, 4.69) is 4.74 Å². The number of methoxy groups -OCH3 is 1. The maximum Gasteiger partial charge on any atom is 0.498 e. The van der Waals surface area contributed by atoms with Crippen LogP contribution in [0.15, 0.2) is 0 Å². The summed E-state index contributed by atoms with van der Waals surface area (Å²) in [5, 5.41) is 0. The summed E-state index contributed by atoms with van der Waals surface area (Å²) >= 11 is 0. The highest BCUT2D eigenvalue weighted by atomic mass is 32.3. The first-order chi connectivity index (χ1) is 8.77. The summed E-state index contributed by atoms with van der Waals surface area (Å²) in [4.78, 5) is 11.0. The average molecular weight is 340 g/mol. The number of ether oxygens (including phenoxy) is 1. The molecule has 1 atom stereocenters. The van der Waals surface area contributed by atoms with Crippen LogP contribution in [-0.2, 0) is 29.2 Å². The molecule has 0 aliphatic heterocycles. The van der Waals surface area contributed by atoms with Crippen molar-refractivity contribution in [3.05, 3.63) is 0 Å². The fourth-order valence-electron chi connectivity index (χ4n) is 1.52. The Bertz CT molecular complexity index is 563. The van der Waals surface area contributed by atoms with E-state index in [1.54, 1.807) is 0 Å². The van der Waals surface area contributed by atoms with Crippen LogP contribution in [0.25, 0.3) is 0 Å². The molecular weight excluding hydrogens is 325 g/mol. The zero-order valence-electron chi connectivity index (χ0n) is 11.0. The molecule has 0 radical (unpaired) electrons. The van der Waals surface area contributed by atoms with E-state index < -0.39 is 47.4 Å². The van der Waals surface area contributed by atoms with Crippen LogP contribution in [0.5, 0.6) is 0 Å².